The van der Waals surface area contributed by atoms with Crippen molar-refractivity contribution in [3.8, 4) is 11.5 Å². The fraction of sp³-hybridized carbons (Fsp3) is 0.226. The molecule has 2 amide bonds. The zero-order valence-corrected chi connectivity index (χ0v) is 20.1. The summed E-state index contributed by atoms with van der Waals surface area (Å²) in [4.78, 5) is 28.9. The van der Waals surface area contributed by atoms with Gasteiger partial charge in [0.25, 0.3) is 0 Å². The molecule has 2 bridgehead atoms. The van der Waals surface area contributed by atoms with Crippen molar-refractivity contribution in [2.75, 3.05) is 11.7 Å². The first-order valence-electron chi connectivity index (χ1n) is 12.4. The first-order valence-corrected chi connectivity index (χ1v) is 12.4. The van der Waals surface area contributed by atoms with Crippen LogP contribution in [0.4, 0.5) is 5.69 Å². The van der Waals surface area contributed by atoms with Crippen LogP contribution < -0.4 is 14.4 Å². The molecule has 2 fully saturated rings. The third-order valence-corrected chi connectivity index (χ3v) is 8.00. The Labute approximate surface area is 209 Å². The van der Waals surface area contributed by atoms with Gasteiger partial charge in [-0.1, -0.05) is 71.8 Å². The average Bonchev–Trinajstić information content (AvgIpc) is 3.64. The van der Waals surface area contributed by atoms with Crippen LogP contribution >= 0.6 is 0 Å². The molecule has 0 unspecified atom stereocenters. The van der Waals surface area contributed by atoms with Crippen molar-refractivity contribution in [3.05, 3.63) is 107 Å². The normalized spacial score (nSPS) is 25.2. The van der Waals surface area contributed by atoms with Gasteiger partial charge < -0.3 is 9.47 Å². The number of benzene rings is 3. The van der Waals surface area contributed by atoms with E-state index < -0.39 is 0 Å². The van der Waals surface area contributed by atoms with E-state index in [0.717, 1.165) is 16.7 Å². The summed E-state index contributed by atoms with van der Waals surface area (Å²) in [5.74, 6) is -0.0618. The Kier molecular flexibility index (Phi) is 4.53. The first kappa shape index (κ1) is 21.2. The largest absolute Gasteiger partial charge is 0.454 e. The molecule has 3 aromatic carbocycles. The monoisotopic (exact) mass is 475 g/mol. The van der Waals surface area contributed by atoms with Gasteiger partial charge in [-0.05, 0) is 48.3 Å². The van der Waals surface area contributed by atoms with Gasteiger partial charge in [-0.2, -0.15) is 0 Å². The molecule has 0 N–H and O–H groups in total. The van der Waals surface area contributed by atoms with E-state index in [1.54, 1.807) is 18.2 Å². The molecule has 5 heteroatoms. The molecule has 0 aromatic heterocycles. The number of allylic oxidation sites excluding steroid dienone is 3. The standard InChI is InChI=1S/C31H25NO4/c1-17-3-7-19(8-4-17)26(20-9-5-18(2)6-10-20)27-22-12-13-23(27)29-28(22)30(33)32(31(29)34)21-11-14-24-25(15-21)36-16-35-24/h3-15,22-23,28-29H,16H2,1-2H3/t22-,23-,28+,29+/m1/s1. The second-order valence-corrected chi connectivity index (χ2v) is 10.1. The lowest BCUT2D eigenvalue weighted by molar-refractivity contribution is -0.122. The number of carbonyl (C=O) groups excluding carboxylic acids is 2. The zero-order valence-electron chi connectivity index (χ0n) is 20.1. The van der Waals surface area contributed by atoms with Crippen molar-refractivity contribution in [1.29, 1.82) is 0 Å². The number of hydrogen-bond donors (Lipinski definition) is 0. The predicted molar refractivity (Wildman–Crippen MR) is 137 cm³/mol. The summed E-state index contributed by atoms with van der Waals surface area (Å²) in [5, 5.41) is 0. The Morgan fingerprint density at radius 1 is 0.722 bits per heavy atom. The van der Waals surface area contributed by atoms with Gasteiger partial charge in [-0.3, -0.25) is 9.59 Å². The van der Waals surface area contributed by atoms with E-state index in [4.69, 9.17) is 9.47 Å². The summed E-state index contributed by atoms with van der Waals surface area (Å²) < 4.78 is 10.9. The van der Waals surface area contributed by atoms with Crippen molar-refractivity contribution in [1.82, 2.24) is 0 Å². The van der Waals surface area contributed by atoms with Crippen molar-refractivity contribution in [2.45, 2.75) is 13.8 Å². The van der Waals surface area contributed by atoms with Crippen molar-refractivity contribution >= 4 is 23.1 Å². The Bertz CT molecular complexity index is 1400. The number of amides is 2. The molecule has 1 saturated carbocycles. The SMILES string of the molecule is Cc1ccc(C(=C2[C@H]3C=C[C@H]2[C@@H]2C(=O)N(c4ccc5c(c4)OCO5)C(=O)[C@H]23)c2ccc(C)cc2)cc1. The lowest BCUT2D eigenvalue weighted by atomic mass is 9.85. The van der Waals surface area contributed by atoms with Crippen LogP contribution in [0.1, 0.15) is 22.3 Å². The minimum absolute atomic E-state index is 0.104. The molecule has 2 aliphatic heterocycles. The van der Waals surface area contributed by atoms with Gasteiger partial charge in [-0.15, -0.1) is 0 Å². The smallest absolute Gasteiger partial charge is 0.238 e. The number of ether oxygens (including phenoxy) is 2. The van der Waals surface area contributed by atoms with Crippen molar-refractivity contribution in [2.24, 2.45) is 23.7 Å². The molecule has 3 aromatic rings. The molecule has 7 rings (SSSR count). The molecule has 4 aliphatic rings. The van der Waals surface area contributed by atoms with Gasteiger partial charge in [0.05, 0.1) is 17.5 Å². The van der Waals surface area contributed by atoms with E-state index >= 15 is 0 Å². The fourth-order valence-corrected chi connectivity index (χ4v) is 6.32. The molecule has 178 valence electrons. The van der Waals surface area contributed by atoms with Crippen LogP contribution in [0.25, 0.3) is 5.57 Å². The van der Waals surface area contributed by atoms with Crippen LogP contribution in [0.5, 0.6) is 11.5 Å². The Balaban J connectivity index is 1.34. The van der Waals surface area contributed by atoms with E-state index in [0.29, 0.717) is 17.2 Å². The topological polar surface area (TPSA) is 55.8 Å². The number of aryl methyl sites for hydroxylation is 2. The maximum Gasteiger partial charge on any atom is 0.238 e. The maximum absolute atomic E-state index is 13.8. The summed E-state index contributed by atoms with van der Waals surface area (Å²) in [6, 6.07) is 22.3. The van der Waals surface area contributed by atoms with Crippen molar-refractivity contribution in [3.63, 3.8) is 0 Å². The number of carbonyl (C=O) groups is 2. The molecular weight excluding hydrogens is 450 g/mol. The second kappa shape index (κ2) is 7.69. The highest BCUT2D eigenvalue weighted by Crippen LogP contribution is 2.59. The Morgan fingerprint density at radius 3 is 1.81 bits per heavy atom. The molecule has 36 heavy (non-hydrogen) atoms. The summed E-state index contributed by atoms with van der Waals surface area (Å²) >= 11 is 0. The van der Waals surface area contributed by atoms with Gasteiger partial charge in [-0.25, -0.2) is 4.90 Å². The highest BCUT2D eigenvalue weighted by Gasteiger charge is 2.62. The predicted octanol–water partition coefficient (Wildman–Crippen LogP) is 5.46. The van der Waals surface area contributed by atoms with Crippen LogP contribution in [0.3, 0.4) is 0 Å². The maximum atomic E-state index is 13.8. The molecule has 4 atom stereocenters. The van der Waals surface area contributed by atoms with Crippen LogP contribution in [0.15, 0.2) is 84.5 Å². The molecule has 5 nitrogen and oxygen atoms in total. The highest BCUT2D eigenvalue weighted by atomic mass is 16.7. The molecule has 1 saturated heterocycles. The van der Waals surface area contributed by atoms with E-state index in [1.807, 2.05) is 0 Å². The Hall–Kier alpha value is -4.12. The van der Waals surface area contributed by atoms with E-state index in [1.165, 1.54) is 21.6 Å². The van der Waals surface area contributed by atoms with Gasteiger partial charge in [0.15, 0.2) is 11.5 Å². The lowest BCUT2D eigenvalue weighted by Crippen LogP contribution is -2.33. The van der Waals surface area contributed by atoms with Gasteiger partial charge in [0.2, 0.25) is 18.6 Å². The van der Waals surface area contributed by atoms with E-state index in [2.05, 4.69) is 74.5 Å². The lowest BCUT2D eigenvalue weighted by Gasteiger charge is -2.22. The molecule has 0 spiro atoms. The second-order valence-electron chi connectivity index (χ2n) is 10.1. The van der Waals surface area contributed by atoms with E-state index in [-0.39, 0.29) is 42.3 Å². The molecule has 2 heterocycles. The number of hydrogen-bond acceptors (Lipinski definition) is 4. The number of nitrogens with zero attached hydrogens (tertiary/aromatic N) is 1. The quantitative estimate of drug-likeness (QED) is 0.373. The highest BCUT2D eigenvalue weighted by molar-refractivity contribution is 6.23. The summed E-state index contributed by atoms with van der Waals surface area (Å²) in [7, 11) is 0. The van der Waals surface area contributed by atoms with Crippen LogP contribution in [-0.2, 0) is 9.59 Å². The van der Waals surface area contributed by atoms with E-state index in [9.17, 15) is 9.59 Å². The average molecular weight is 476 g/mol. The fourth-order valence-electron chi connectivity index (χ4n) is 6.32. The first-order chi connectivity index (χ1) is 17.5. The number of anilines is 1. The Morgan fingerprint density at radius 2 is 1.25 bits per heavy atom. The summed E-state index contributed by atoms with van der Waals surface area (Å²) in [5.41, 5.74) is 7.49. The van der Waals surface area contributed by atoms with Gasteiger partial charge in [0.1, 0.15) is 0 Å². The number of imide groups is 1. The molecule has 2 aliphatic carbocycles. The molecular formula is C31H25NO4. The number of fused-ring (bicyclic) bond motifs is 6. The minimum Gasteiger partial charge on any atom is -0.454 e. The van der Waals surface area contributed by atoms with Crippen LogP contribution in [-0.4, -0.2) is 18.6 Å². The summed E-state index contributed by atoms with van der Waals surface area (Å²) in [6.07, 6.45) is 4.27. The minimum atomic E-state index is -0.390. The zero-order chi connectivity index (χ0) is 24.6. The van der Waals surface area contributed by atoms with Gasteiger partial charge in [0, 0.05) is 17.9 Å². The third-order valence-electron chi connectivity index (χ3n) is 8.00. The summed E-state index contributed by atoms with van der Waals surface area (Å²) in [6.45, 7) is 4.31. The van der Waals surface area contributed by atoms with Crippen LogP contribution in [0, 0.1) is 37.5 Å². The van der Waals surface area contributed by atoms with Crippen molar-refractivity contribution < 1.29 is 19.1 Å². The third kappa shape index (κ3) is 2.95. The van der Waals surface area contributed by atoms with Crippen LogP contribution in [0.2, 0.25) is 0 Å². The van der Waals surface area contributed by atoms with Gasteiger partial charge >= 0.3 is 0 Å². The number of rotatable bonds is 3. The molecule has 0 radical (unpaired) electrons.